The molecule has 1 fully saturated rings. The van der Waals surface area contributed by atoms with Crippen molar-refractivity contribution in [3.8, 4) is 0 Å². The van der Waals surface area contributed by atoms with Crippen molar-refractivity contribution in [2.45, 2.75) is 32.1 Å². The highest BCUT2D eigenvalue weighted by Crippen LogP contribution is 2.22. The van der Waals surface area contributed by atoms with E-state index in [2.05, 4.69) is 4.90 Å². The van der Waals surface area contributed by atoms with Crippen LogP contribution in [-0.4, -0.2) is 31.2 Å². The van der Waals surface area contributed by atoms with Crippen molar-refractivity contribution in [2.24, 2.45) is 5.92 Å². The predicted molar refractivity (Wildman–Crippen MR) is 74.4 cm³/mol. The Balaban J connectivity index is 1.79. The second kappa shape index (κ2) is 7.67. The zero-order valence-corrected chi connectivity index (χ0v) is 11.8. The summed E-state index contributed by atoms with van der Waals surface area (Å²) < 4.78 is 38.2. The Labute approximate surface area is 118 Å². The molecular formula is C16H22F3N. The molecular weight excluding hydrogens is 263 g/mol. The Morgan fingerprint density at radius 2 is 2.05 bits per heavy atom. The second-order valence-corrected chi connectivity index (χ2v) is 5.64. The highest BCUT2D eigenvalue weighted by atomic mass is 19.2. The zero-order valence-electron chi connectivity index (χ0n) is 11.8. The Morgan fingerprint density at radius 1 is 1.20 bits per heavy atom. The molecule has 2 rings (SSSR count). The van der Waals surface area contributed by atoms with Crippen molar-refractivity contribution >= 4 is 0 Å². The first-order valence-electron chi connectivity index (χ1n) is 7.41. The number of aryl methyl sites for hydroxylation is 1. The van der Waals surface area contributed by atoms with Crippen molar-refractivity contribution in [3.63, 3.8) is 0 Å². The van der Waals surface area contributed by atoms with E-state index in [4.69, 9.17) is 0 Å². The van der Waals surface area contributed by atoms with Gasteiger partial charge in [0.2, 0.25) is 0 Å². The van der Waals surface area contributed by atoms with E-state index in [9.17, 15) is 13.2 Å². The van der Waals surface area contributed by atoms with Gasteiger partial charge in [0.1, 0.15) is 0 Å². The van der Waals surface area contributed by atoms with Crippen LogP contribution in [0.1, 0.15) is 31.2 Å². The van der Waals surface area contributed by atoms with E-state index < -0.39 is 11.6 Å². The van der Waals surface area contributed by atoms with Gasteiger partial charge in [0.25, 0.3) is 0 Å². The van der Waals surface area contributed by atoms with E-state index >= 15 is 0 Å². The molecule has 1 atom stereocenters. The molecule has 0 spiro atoms. The topological polar surface area (TPSA) is 3.24 Å². The fourth-order valence-corrected chi connectivity index (χ4v) is 2.94. The molecule has 4 heteroatoms. The molecule has 0 radical (unpaired) electrons. The highest BCUT2D eigenvalue weighted by Gasteiger charge is 2.19. The Kier molecular flexibility index (Phi) is 5.89. The molecule has 0 saturated carbocycles. The monoisotopic (exact) mass is 285 g/mol. The lowest BCUT2D eigenvalue weighted by Crippen LogP contribution is -2.36. The number of halogens is 3. The summed E-state index contributed by atoms with van der Waals surface area (Å²) in [5, 5.41) is 0. The van der Waals surface area contributed by atoms with Crippen LogP contribution in [0.5, 0.6) is 0 Å². The van der Waals surface area contributed by atoms with Crippen LogP contribution in [0.15, 0.2) is 18.2 Å². The molecule has 0 N–H and O–H groups in total. The van der Waals surface area contributed by atoms with Gasteiger partial charge in [0, 0.05) is 13.1 Å². The molecule has 1 saturated heterocycles. The van der Waals surface area contributed by atoms with Gasteiger partial charge in [-0.1, -0.05) is 6.07 Å². The van der Waals surface area contributed by atoms with Crippen LogP contribution in [0.2, 0.25) is 0 Å². The van der Waals surface area contributed by atoms with E-state index in [-0.39, 0.29) is 6.67 Å². The molecule has 1 aromatic rings. The van der Waals surface area contributed by atoms with Gasteiger partial charge in [-0.15, -0.1) is 0 Å². The molecule has 20 heavy (non-hydrogen) atoms. The number of benzene rings is 1. The van der Waals surface area contributed by atoms with E-state index in [0.717, 1.165) is 44.5 Å². The number of rotatable bonds is 6. The molecule has 0 bridgehead atoms. The van der Waals surface area contributed by atoms with Gasteiger partial charge < -0.3 is 4.90 Å². The average Bonchev–Trinajstić information content (AvgIpc) is 2.47. The fourth-order valence-electron chi connectivity index (χ4n) is 2.94. The van der Waals surface area contributed by atoms with Crippen LogP contribution in [0.25, 0.3) is 0 Å². The molecule has 1 heterocycles. The van der Waals surface area contributed by atoms with Crippen LogP contribution in [-0.2, 0) is 6.42 Å². The van der Waals surface area contributed by atoms with E-state index in [1.165, 1.54) is 18.6 Å². The number of piperidine rings is 1. The molecule has 0 aromatic heterocycles. The first kappa shape index (κ1) is 15.4. The summed E-state index contributed by atoms with van der Waals surface area (Å²) >= 11 is 0. The number of hydrogen-bond acceptors (Lipinski definition) is 1. The van der Waals surface area contributed by atoms with Gasteiger partial charge in [-0.25, -0.2) is 8.78 Å². The number of likely N-dealkylation sites (tertiary alicyclic amines) is 1. The second-order valence-electron chi connectivity index (χ2n) is 5.64. The SMILES string of the molecule is FCCCN1CCCC(CCc2ccc(F)c(F)c2)C1. The molecule has 1 aliphatic heterocycles. The minimum Gasteiger partial charge on any atom is -0.303 e. The largest absolute Gasteiger partial charge is 0.303 e. The lowest BCUT2D eigenvalue weighted by molar-refractivity contribution is 0.163. The molecule has 0 aliphatic carbocycles. The van der Waals surface area contributed by atoms with Gasteiger partial charge in [-0.3, -0.25) is 4.39 Å². The number of hydrogen-bond donors (Lipinski definition) is 0. The van der Waals surface area contributed by atoms with Crippen molar-refractivity contribution < 1.29 is 13.2 Å². The Morgan fingerprint density at radius 3 is 2.80 bits per heavy atom. The minimum atomic E-state index is -0.788. The summed E-state index contributed by atoms with van der Waals surface area (Å²) in [5.74, 6) is -0.976. The Hall–Kier alpha value is -1.03. The summed E-state index contributed by atoms with van der Waals surface area (Å²) in [4.78, 5) is 2.32. The first-order valence-corrected chi connectivity index (χ1v) is 7.41. The highest BCUT2D eigenvalue weighted by molar-refractivity contribution is 5.17. The van der Waals surface area contributed by atoms with Crippen LogP contribution in [0.3, 0.4) is 0 Å². The van der Waals surface area contributed by atoms with Gasteiger partial charge in [-0.2, -0.15) is 0 Å². The summed E-state index contributed by atoms with van der Waals surface area (Å²) in [5.41, 5.74) is 0.852. The normalized spacial score (nSPS) is 20.2. The lowest BCUT2D eigenvalue weighted by atomic mass is 9.91. The summed E-state index contributed by atoms with van der Waals surface area (Å²) in [6.07, 6.45) is 4.69. The van der Waals surface area contributed by atoms with Crippen molar-refractivity contribution in [1.29, 1.82) is 0 Å². The predicted octanol–water partition coefficient (Wildman–Crippen LogP) is 3.97. The minimum absolute atomic E-state index is 0.254. The molecule has 1 nitrogen and oxygen atoms in total. The molecule has 1 aromatic carbocycles. The lowest BCUT2D eigenvalue weighted by Gasteiger charge is -2.32. The van der Waals surface area contributed by atoms with E-state index in [1.807, 2.05) is 0 Å². The third-order valence-electron chi connectivity index (χ3n) is 4.04. The van der Waals surface area contributed by atoms with Crippen molar-refractivity contribution in [2.75, 3.05) is 26.3 Å². The van der Waals surface area contributed by atoms with E-state index in [0.29, 0.717) is 12.3 Å². The molecule has 112 valence electrons. The van der Waals surface area contributed by atoms with Gasteiger partial charge in [-0.05, 0) is 62.3 Å². The molecule has 0 amide bonds. The van der Waals surface area contributed by atoms with Crippen LogP contribution >= 0.6 is 0 Å². The van der Waals surface area contributed by atoms with Crippen LogP contribution in [0, 0.1) is 17.6 Å². The van der Waals surface area contributed by atoms with Crippen LogP contribution < -0.4 is 0 Å². The maximum absolute atomic E-state index is 13.1. The standard InChI is InChI=1S/C16H22F3N/c17-8-2-10-20-9-1-3-14(12-20)5-4-13-6-7-15(18)16(19)11-13/h6-7,11,14H,1-5,8-10,12H2. The summed E-state index contributed by atoms with van der Waals surface area (Å²) in [6.45, 7) is 2.64. The first-order chi connectivity index (χ1) is 9.69. The quantitative estimate of drug-likeness (QED) is 0.764. The summed E-state index contributed by atoms with van der Waals surface area (Å²) in [6, 6.07) is 4.14. The Bertz CT molecular complexity index is 422. The van der Waals surface area contributed by atoms with Gasteiger partial charge in [0.15, 0.2) is 11.6 Å². The summed E-state index contributed by atoms with van der Waals surface area (Å²) in [7, 11) is 0. The third-order valence-corrected chi connectivity index (χ3v) is 4.04. The van der Waals surface area contributed by atoms with Crippen LogP contribution in [0.4, 0.5) is 13.2 Å². The maximum Gasteiger partial charge on any atom is 0.159 e. The molecule has 1 aliphatic rings. The smallest absolute Gasteiger partial charge is 0.159 e. The average molecular weight is 285 g/mol. The van der Waals surface area contributed by atoms with E-state index in [1.54, 1.807) is 6.07 Å². The van der Waals surface area contributed by atoms with Gasteiger partial charge >= 0.3 is 0 Å². The third kappa shape index (κ3) is 4.51. The maximum atomic E-state index is 13.1. The van der Waals surface area contributed by atoms with Crippen molar-refractivity contribution in [1.82, 2.24) is 4.90 Å². The van der Waals surface area contributed by atoms with Gasteiger partial charge in [0.05, 0.1) is 6.67 Å². The zero-order chi connectivity index (χ0) is 14.4. The number of nitrogens with zero attached hydrogens (tertiary/aromatic N) is 1. The van der Waals surface area contributed by atoms with Crippen molar-refractivity contribution in [3.05, 3.63) is 35.4 Å². The number of alkyl halides is 1. The fraction of sp³-hybridized carbons (Fsp3) is 0.625. The molecule has 1 unspecified atom stereocenters.